The molecule has 1 saturated heterocycles. The molecular weight excluding hydrogens is 174 g/mol. The van der Waals surface area contributed by atoms with Crippen molar-refractivity contribution < 1.29 is 19.4 Å². The zero-order chi connectivity index (χ0) is 10.0. The molecule has 1 heterocycles. The van der Waals surface area contributed by atoms with Crippen LogP contribution in [0.1, 0.15) is 13.3 Å². The first-order valence-corrected chi connectivity index (χ1v) is 4.13. The second-order valence-corrected chi connectivity index (χ2v) is 3.32. The summed E-state index contributed by atoms with van der Waals surface area (Å²) in [4.78, 5) is 23.1. The first kappa shape index (κ1) is 9.83. The lowest BCUT2D eigenvalue weighted by Gasteiger charge is -2.19. The Balaban J connectivity index is 2.71. The Morgan fingerprint density at radius 2 is 2.15 bits per heavy atom. The summed E-state index contributed by atoms with van der Waals surface area (Å²) in [6.45, 7) is 2.38. The van der Waals surface area contributed by atoms with E-state index in [1.165, 1.54) is 12.0 Å². The largest absolute Gasteiger partial charge is 0.480 e. The van der Waals surface area contributed by atoms with Crippen LogP contribution in [0, 0.1) is 5.92 Å². The van der Waals surface area contributed by atoms with E-state index in [0.29, 0.717) is 13.0 Å². The van der Waals surface area contributed by atoms with Gasteiger partial charge in [0.1, 0.15) is 6.04 Å². The Bertz CT molecular complexity index is 228. The quantitative estimate of drug-likeness (QED) is 0.650. The van der Waals surface area contributed by atoms with Gasteiger partial charge in [-0.05, 0) is 12.3 Å². The van der Waals surface area contributed by atoms with Gasteiger partial charge in [0.2, 0.25) is 0 Å². The number of hydrogen-bond acceptors (Lipinski definition) is 3. The highest BCUT2D eigenvalue weighted by Gasteiger charge is 2.38. The van der Waals surface area contributed by atoms with Crippen molar-refractivity contribution in [1.29, 1.82) is 0 Å². The maximum atomic E-state index is 11.1. The zero-order valence-electron chi connectivity index (χ0n) is 7.69. The van der Waals surface area contributed by atoms with Crippen LogP contribution < -0.4 is 0 Å². The summed E-state index contributed by atoms with van der Waals surface area (Å²) >= 11 is 0. The molecule has 0 aromatic carbocycles. The number of carbonyl (C=O) groups excluding carboxylic acids is 1. The lowest BCUT2D eigenvalue weighted by molar-refractivity contribution is -0.141. The smallest absolute Gasteiger partial charge is 0.410 e. The number of nitrogens with zero attached hydrogens (tertiary/aromatic N) is 1. The molecule has 13 heavy (non-hydrogen) atoms. The van der Waals surface area contributed by atoms with Gasteiger partial charge in [-0.2, -0.15) is 0 Å². The summed E-state index contributed by atoms with van der Waals surface area (Å²) in [5.74, 6) is -0.741. The van der Waals surface area contributed by atoms with E-state index in [4.69, 9.17) is 5.11 Å². The van der Waals surface area contributed by atoms with E-state index in [2.05, 4.69) is 4.74 Å². The molecule has 1 aliphatic heterocycles. The van der Waals surface area contributed by atoms with Crippen LogP contribution in [0.3, 0.4) is 0 Å². The molecule has 1 N–H and O–H groups in total. The van der Waals surface area contributed by atoms with Crippen molar-refractivity contribution in [3.63, 3.8) is 0 Å². The minimum atomic E-state index is -0.963. The van der Waals surface area contributed by atoms with E-state index in [1.807, 2.05) is 6.92 Å². The lowest BCUT2D eigenvalue weighted by Crippen LogP contribution is -2.40. The highest BCUT2D eigenvalue weighted by Crippen LogP contribution is 2.23. The Morgan fingerprint density at radius 1 is 1.54 bits per heavy atom. The van der Waals surface area contributed by atoms with E-state index in [0.717, 1.165) is 0 Å². The van der Waals surface area contributed by atoms with E-state index in [1.54, 1.807) is 0 Å². The van der Waals surface area contributed by atoms with Gasteiger partial charge in [0.25, 0.3) is 0 Å². The Labute approximate surface area is 76.3 Å². The van der Waals surface area contributed by atoms with Crippen molar-refractivity contribution >= 4 is 12.1 Å². The molecule has 1 unspecified atom stereocenters. The number of aliphatic carboxylic acids is 1. The van der Waals surface area contributed by atoms with Gasteiger partial charge in [-0.15, -0.1) is 0 Å². The van der Waals surface area contributed by atoms with Crippen LogP contribution in [-0.2, 0) is 9.53 Å². The lowest BCUT2D eigenvalue weighted by atomic mass is 10.1. The van der Waals surface area contributed by atoms with Gasteiger partial charge in [-0.1, -0.05) is 6.92 Å². The van der Waals surface area contributed by atoms with Crippen LogP contribution in [-0.4, -0.2) is 41.8 Å². The molecule has 0 spiro atoms. The van der Waals surface area contributed by atoms with Gasteiger partial charge < -0.3 is 9.84 Å². The summed E-state index contributed by atoms with van der Waals surface area (Å²) in [5, 5.41) is 8.80. The molecular formula is C8H13NO4. The number of carboxylic acids is 1. The van der Waals surface area contributed by atoms with Crippen LogP contribution in [0.25, 0.3) is 0 Å². The van der Waals surface area contributed by atoms with E-state index < -0.39 is 18.1 Å². The fourth-order valence-electron chi connectivity index (χ4n) is 1.60. The summed E-state index contributed by atoms with van der Waals surface area (Å²) in [5.41, 5.74) is 0. The molecule has 74 valence electrons. The maximum absolute atomic E-state index is 11.1. The first-order chi connectivity index (χ1) is 6.06. The van der Waals surface area contributed by atoms with Crippen LogP contribution >= 0.6 is 0 Å². The van der Waals surface area contributed by atoms with Gasteiger partial charge in [-0.25, -0.2) is 9.59 Å². The number of carbonyl (C=O) groups is 2. The van der Waals surface area contributed by atoms with Crippen molar-refractivity contribution in [2.24, 2.45) is 5.92 Å². The average Bonchev–Trinajstić information content (AvgIpc) is 2.46. The third-order valence-electron chi connectivity index (χ3n) is 2.20. The fraction of sp³-hybridized carbons (Fsp3) is 0.750. The normalized spacial score (nSPS) is 27.4. The molecule has 0 aromatic heterocycles. The summed E-state index contributed by atoms with van der Waals surface area (Å²) in [6, 6.07) is -0.720. The molecule has 0 aliphatic carbocycles. The van der Waals surface area contributed by atoms with E-state index >= 15 is 0 Å². The van der Waals surface area contributed by atoms with Crippen molar-refractivity contribution in [3.05, 3.63) is 0 Å². The third-order valence-corrected chi connectivity index (χ3v) is 2.20. The van der Waals surface area contributed by atoms with Crippen LogP contribution in [0.2, 0.25) is 0 Å². The molecule has 1 rings (SSSR count). The number of carboxylic acid groups (broad SMARTS) is 1. The Kier molecular flexibility index (Phi) is 2.75. The van der Waals surface area contributed by atoms with Gasteiger partial charge in [-0.3, -0.25) is 4.90 Å². The number of likely N-dealkylation sites (tertiary alicyclic amines) is 1. The number of ether oxygens (including phenoxy) is 1. The highest BCUT2D eigenvalue weighted by molar-refractivity contribution is 5.80. The fourth-order valence-corrected chi connectivity index (χ4v) is 1.60. The predicted octanol–water partition coefficient (Wildman–Crippen LogP) is 0.548. The first-order valence-electron chi connectivity index (χ1n) is 4.13. The van der Waals surface area contributed by atoms with Gasteiger partial charge in [0.05, 0.1) is 7.11 Å². The van der Waals surface area contributed by atoms with Crippen LogP contribution in [0.15, 0.2) is 0 Å². The Morgan fingerprint density at radius 3 is 2.62 bits per heavy atom. The van der Waals surface area contributed by atoms with Crippen molar-refractivity contribution in [2.45, 2.75) is 19.4 Å². The minimum Gasteiger partial charge on any atom is -0.480 e. The van der Waals surface area contributed by atoms with Crippen molar-refractivity contribution in [2.75, 3.05) is 13.7 Å². The SMILES string of the molecule is COC(=O)N1CC(C)C[C@H]1C(=O)O. The molecule has 5 heteroatoms. The minimum absolute atomic E-state index is 0.222. The summed E-state index contributed by atoms with van der Waals surface area (Å²) in [6.07, 6.45) is -0.0542. The second-order valence-electron chi connectivity index (χ2n) is 3.32. The number of methoxy groups -OCH3 is 1. The maximum Gasteiger partial charge on any atom is 0.410 e. The second kappa shape index (κ2) is 3.64. The topological polar surface area (TPSA) is 66.8 Å². The molecule has 0 aromatic rings. The van der Waals surface area contributed by atoms with Crippen molar-refractivity contribution in [1.82, 2.24) is 4.90 Å². The number of rotatable bonds is 1. The zero-order valence-corrected chi connectivity index (χ0v) is 7.69. The molecule has 1 fully saturated rings. The highest BCUT2D eigenvalue weighted by atomic mass is 16.5. The molecule has 0 saturated carbocycles. The summed E-state index contributed by atoms with van der Waals surface area (Å²) in [7, 11) is 1.25. The number of amides is 1. The predicted molar refractivity (Wildman–Crippen MR) is 44.3 cm³/mol. The molecule has 0 bridgehead atoms. The molecule has 2 atom stereocenters. The van der Waals surface area contributed by atoms with Gasteiger partial charge >= 0.3 is 12.1 Å². The molecule has 1 aliphatic rings. The van der Waals surface area contributed by atoms with Crippen LogP contribution in [0.5, 0.6) is 0 Å². The third kappa shape index (κ3) is 1.91. The van der Waals surface area contributed by atoms with Crippen molar-refractivity contribution in [3.8, 4) is 0 Å². The van der Waals surface area contributed by atoms with Crippen LogP contribution in [0.4, 0.5) is 4.79 Å². The van der Waals surface area contributed by atoms with Gasteiger partial charge in [0.15, 0.2) is 0 Å². The molecule has 0 radical (unpaired) electrons. The van der Waals surface area contributed by atoms with E-state index in [9.17, 15) is 9.59 Å². The summed E-state index contributed by atoms with van der Waals surface area (Å²) < 4.78 is 4.49. The van der Waals surface area contributed by atoms with E-state index in [-0.39, 0.29) is 5.92 Å². The molecule has 1 amide bonds. The molecule has 5 nitrogen and oxygen atoms in total. The average molecular weight is 187 g/mol. The van der Waals surface area contributed by atoms with Gasteiger partial charge in [0, 0.05) is 6.54 Å². The Hall–Kier alpha value is -1.26. The number of hydrogen-bond donors (Lipinski definition) is 1. The standard InChI is InChI=1S/C8H13NO4/c1-5-3-6(7(10)11)9(4-5)8(12)13-2/h5-6H,3-4H2,1-2H3,(H,10,11)/t5?,6-/m0/s1. The monoisotopic (exact) mass is 187 g/mol.